The van der Waals surface area contributed by atoms with Crippen LogP contribution in [0.1, 0.15) is 18.4 Å². The van der Waals surface area contributed by atoms with Crippen LogP contribution >= 0.6 is 12.4 Å². The van der Waals surface area contributed by atoms with Crippen molar-refractivity contribution >= 4 is 18.4 Å². The molecule has 0 amide bonds. The number of ether oxygens (including phenoxy) is 1. The van der Waals surface area contributed by atoms with Crippen molar-refractivity contribution in [2.75, 3.05) is 13.1 Å². The van der Waals surface area contributed by atoms with Crippen molar-refractivity contribution in [3.63, 3.8) is 0 Å². The van der Waals surface area contributed by atoms with Gasteiger partial charge >= 0.3 is 5.97 Å². The van der Waals surface area contributed by atoms with E-state index in [0.29, 0.717) is 31.7 Å². The molecular formula is C13H18ClNO3. The Morgan fingerprint density at radius 2 is 1.83 bits per heavy atom. The minimum absolute atomic E-state index is 0. The van der Waals surface area contributed by atoms with E-state index in [1.54, 1.807) is 0 Å². The monoisotopic (exact) mass is 271 g/mol. The van der Waals surface area contributed by atoms with Crippen LogP contribution in [0.3, 0.4) is 0 Å². The molecule has 18 heavy (non-hydrogen) atoms. The highest BCUT2D eigenvalue weighted by Gasteiger charge is 2.42. The van der Waals surface area contributed by atoms with E-state index in [0.717, 1.165) is 5.56 Å². The molecule has 1 aliphatic heterocycles. The van der Waals surface area contributed by atoms with Gasteiger partial charge in [0.25, 0.3) is 0 Å². The number of halogens is 1. The number of aliphatic carboxylic acids is 1. The Bertz CT molecular complexity index is 399. The van der Waals surface area contributed by atoms with Gasteiger partial charge in [0.05, 0.1) is 0 Å². The third-order valence-electron chi connectivity index (χ3n) is 3.14. The van der Waals surface area contributed by atoms with Crippen LogP contribution in [-0.2, 0) is 4.79 Å². The van der Waals surface area contributed by atoms with Gasteiger partial charge in [-0.15, -0.1) is 12.4 Å². The van der Waals surface area contributed by atoms with Crippen molar-refractivity contribution in [1.29, 1.82) is 0 Å². The molecule has 1 fully saturated rings. The van der Waals surface area contributed by atoms with E-state index >= 15 is 0 Å². The number of aryl methyl sites for hydroxylation is 1. The van der Waals surface area contributed by atoms with Gasteiger partial charge in [-0.1, -0.05) is 17.7 Å². The van der Waals surface area contributed by atoms with Crippen LogP contribution in [0.2, 0.25) is 0 Å². The van der Waals surface area contributed by atoms with Crippen molar-refractivity contribution in [2.24, 2.45) is 0 Å². The molecule has 2 N–H and O–H groups in total. The van der Waals surface area contributed by atoms with Crippen LogP contribution in [0.4, 0.5) is 0 Å². The van der Waals surface area contributed by atoms with Gasteiger partial charge in [-0.25, -0.2) is 4.79 Å². The smallest absolute Gasteiger partial charge is 0.348 e. The van der Waals surface area contributed by atoms with Gasteiger partial charge < -0.3 is 15.2 Å². The lowest BCUT2D eigenvalue weighted by molar-refractivity contribution is -0.157. The third kappa shape index (κ3) is 3.15. The molecule has 1 aromatic carbocycles. The predicted molar refractivity (Wildman–Crippen MR) is 71.5 cm³/mol. The van der Waals surface area contributed by atoms with E-state index in [1.807, 2.05) is 31.2 Å². The van der Waals surface area contributed by atoms with Gasteiger partial charge in [0.15, 0.2) is 0 Å². The summed E-state index contributed by atoms with van der Waals surface area (Å²) in [4.78, 5) is 11.4. The summed E-state index contributed by atoms with van der Waals surface area (Å²) in [6, 6.07) is 7.49. The zero-order valence-corrected chi connectivity index (χ0v) is 11.1. The maximum Gasteiger partial charge on any atom is 0.348 e. The first-order valence-electron chi connectivity index (χ1n) is 5.82. The molecule has 0 atom stereocenters. The molecule has 0 spiro atoms. The van der Waals surface area contributed by atoms with Gasteiger partial charge in [-0.3, -0.25) is 0 Å². The zero-order valence-electron chi connectivity index (χ0n) is 10.3. The molecule has 5 heteroatoms. The molecule has 2 rings (SSSR count). The fourth-order valence-corrected chi connectivity index (χ4v) is 2.02. The Hall–Kier alpha value is -1.26. The van der Waals surface area contributed by atoms with Gasteiger partial charge in [-0.05, 0) is 32.1 Å². The van der Waals surface area contributed by atoms with Gasteiger partial charge in [0, 0.05) is 12.8 Å². The van der Waals surface area contributed by atoms with Gasteiger partial charge in [0.2, 0.25) is 5.60 Å². The molecule has 0 saturated carbocycles. The summed E-state index contributed by atoms with van der Waals surface area (Å²) in [6.45, 7) is 3.34. The second kappa shape index (κ2) is 6.07. The second-order valence-corrected chi connectivity index (χ2v) is 4.46. The molecule has 1 heterocycles. The van der Waals surface area contributed by atoms with Crippen LogP contribution < -0.4 is 10.1 Å². The van der Waals surface area contributed by atoms with Crippen molar-refractivity contribution in [3.05, 3.63) is 29.8 Å². The summed E-state index contributed by atoms with van der Waals surface area (Å²) in [6.07, 6.45) is 0.992. The lowest BCUT2D eigenvalue weighted by Crippen LogP contribution is -2.52. The lowest BCUT2D eigenvalue weighted by atomic mass is 9.92. The van der Waals surface area contributed by atoms with Gasteiger partial charge in [0.1, 0.15) is 5.75 Å². The molecule has 0 unspecified atom stereocenters. The lowest BCUT2D eigenvalue weighted by Gasteiger charge is -2.34. The first-order valence-corrected chi connectivity index (χ1v) is 5.82. The summed E-state index contributed by atoms with van der Waals surface area (Å²) in [5.41, 5.74) is 0.0626. The molecular weight excluding hydrogens is 254 g/mol. The summed E-state index contributed by atoms with van der Waals surface area (Å²) < 4.78 is 5.72. The number of benzene rings is 1. The number of carboxylic acid groups (broad SMARTS) is 1. The topological polar surface area (TPSA) is 58.6 Å². The first-order chi connectivity index (χ1) is 8.12. The second-order valence-electron chi connectivity index (χ2n) is 4.46. The Balaban J connectivity index is 0.00000162. The highest BCUT2D eigenvalue weighted by atomic mass is 35.5. The van der Waals surface area contributed by atoms with E-state index < -0.39 is 11.6 Å². The van der Waals surface area contributed by atoms with Gasteiger partial charge in [-0.2, -0.15) is 0 Å². The minimum Gasteiger partial charge on any atom is -0.478 e. The highest BCUT2D eigenvalue weighted by molar-refractivity contribution is 5.85. The van der Waals surface area contributed by atoms with Crippen LogP contribution in [-0.4, -0.2) is 29.8 Å². The fraction of sp³-hybridized carbons (Fsp3) is 0.462. The molecule has 0 radical (unpaired) electrons. The van der Waals surface area contributed by atoms with Crippen LogP contribution in [0.25, 0.3) is 0 Å². The van der Waals surface area contributed by atoms with Crippen LogP contribution in [0, 0.1) is 6.92 Å². The number of hydrogen-bond donors (Lipinski definition) is 2. The maximum atomic E-state index is 11.4. The largest absolute Gasteiger partial charge is 0.478 e. The molecule has 4 nitrogen and oxygen atoms in total. The molecule has 0 aliphatic carbocycles. The van der Waals surface area contributed by atoms with E-state index in [9.17, 15) is 9.90 Å². The summed E-state index contributed by atoms with van der Waals surface area (Å²) in [5.74, 6) is -0.250. The number of rotatable bonds is 3. The Morgan fingerprint density at radius 3 is 2.33 bits per heavy atom. The third-order valence-corrected chi connectivity index (χ3v) is 3.14. The SMILES string of the molecule is Cc1ccc(OC2(C(=O)O)CCNCC2)cc1.Cl. The molecule has 1 aromatic rings. The maximum absolute atomic E-state index is 11.4. The zero-order chi connectivity index (χ0) is 12.3. The van der Waals surface area contributed by atoms with E-state index in [1.165, 1.54) is 0 Å². The average molecular weight is 272 g/mol. The summed E-state index contributed by atoms with van der Waals surface area (Å²) >= 11 is 0. The number of hydrogen-bond acceptors (Lipinski definition) is 3. The fourth-order valence-electron chi connectivity index (χ4n) is 2.02. The Morgan fingerprint density at radius 1 is 1.28 bits per heavy atom. The quantitative estimate of drug-likeness (QED) is 0.883. The van der Waals surface area contributed by atoms with Crippen molar-refractivity contribution < 1.29 is 14.6 Å². The minimum atomic E-state index is -1.07. The highest BCUT2D eigenvalue weighted by Crippen LogP contribution is 2.27. The van der Waals surface area contributed by atoms with E-state index in [-0.39, 0.29) is 12.4 Å². The molecule has 1 saturated heterocycles. The number of nitrogens with one attached hydrogen (secondary N) is 1. The number of carbonyl (C=O) groups is 1. The summed E-state index contributed by atoms with van der Waals surface area (Å²) in [5, 5.41) is 12.5. The van der Waals surface area contributed by atoms with Crippen LogP contribution in [0.5, 0.6) is 5.75 Å². The standard InChI is InChI=1S/C13H17NO3.ClH/c1-10-2-4-11(5-3-10)17-13(12(15)16)6-8-14-9-7-13;/h2-5,14H,6-9H2,1H3,(H,15,16);1H. The van der Waals surface area contributed by atoms with E-state index in [2.05, 4.69) is 5.32 Å². The number of carboxylic acids is 1. The van der Waals surface area contributed by atoms with Crippen molar-refractivity contribution in [1.82, 2.24) is 5.32 Å². The number of piperidine rings is 1. The molecule has 1 aliphatic rings. The first kappa shape index (κ1) is 14.8. The Kier molecular flexibility index (Phi) is 4.99. The van der Waals surface area contributed by atoms with Crippen LogP contribution in [0.15, 0.2) is 24.3 Å². The molecule has 0 bridgehead atoms. The Labute approximate surface area is 113 Å². The van der Waals surface area contributed by atoms with Crippen molar-refractivity contribution in [2.45, 2.75) is 25.4 Å². The summed E-state index contributed by atoms with van der Waals surface area (Å²) in [7, 11) is 0. The predicted octanol–water partition coefficient (Wildman–Crippen LogP) is 2.00. The normalized spacial score (nSPS) is 17.6. The average Bonchev–Trinajstić information content (AvgIpc) is 2.33. The molecule has 0 aromatic heterocycles. The van der Waals surface area contributed by atoms with Crippen molar-refractivity contribution in [3.8, 4) is 5.75 Å². The van der Waals surface area contributed by atoms with E-state index in [4.69, 9.17) is 4.74 Å². The molecule has 100 valence electrons.